The van der Waals surface area contributed by atoms with Crippen LogP contribution in [-0.2, 0) is 33.8 Å². The maximum atomic E-state index is 13.0. The van der Waals surface area contributed by atoms with E-state index in [1.54, 1.807) is 0 Å². The molecule has 0 radical (unpaired) electrons. The van der Waals surface area contributed by atoms with Gasteiger partial charge in [0.1, 0.15) is 11.2 Å². The number of ether oxygens (including phenoxy) is 4. The fraction of sp³-hybridized carbons (Fsp3) is 0.513. The van der Waals surface area contributed by atoms with Crippen molar-refractivity contribution < 1.29 is 28.2 Å². The van der Waals surface area contributed by atoms with Crippen molar-refractivity contribution in [2.75, 3.05) is 13.7 Å². The molecule has 4 rings (SSSR count). The molecule has 6 nitrogen and oxygen atoms in total. The lowest BCUT2D eigenvalue weighted by atomic mass is 9.79. The number of carbonyl (C=O) groups is 1. The molecule has 1 heterocycles. The third-order valence-corrected chi connectivity index (χ3v) is 14.4. The van der Waals surface area contributed by atoms with Gasteiger partial charge in [0.15, 0.2) is 14.1 Å². The number of benzene rings is 3. The Morgan fingerprint density at radius 3 is 1.65 bits per heavy atom. The summed E-state index contributed by atoms with van der Waals surface area (Å²) in [6, 6.07) is 31.0. The van der Waals surface area contributed by atoms with Crippen molar-refractivity contribution in [3.63, 3.8) is 0 Å². The second-order valence-corrected chi connectivity index (χ2v) is 19.7. The standard InChI is InChI=1S/C39H54O6Si/c1-28(33(29(2)35(40)41-9)44-46(10,11)36(3,4)5)34-38(8,45-37(6,7)43-34)27-42-39(30-21-15-12-16-22-30,31-23-17-13-18-24-31)32-25-19-14-20-26-32/h12-26,28-29,33-34H,27H2,1-11H3/t28-,29+,33-,34+,38+/m0/s1. The van der Waals surface area contributed by atoms with Crippen LogP contribution in [0, 0.1) is 11.8 Å². The van der Waals surface area contributed by atoms with Crippen LogP contribution in [0.15, 0.2) is 91.0 Å². The third-order valence-electron chi connectivity index (χ3n) is 9.91. The van der Waals surface area contributed by atoms with Gasteiger partial charge in [0.2, 0.25) is 0 Å². The zero-order valence-electron chi connectivity index (χ0n) is 29.6. The van der Waals surface area contributed by atoms with E-state index >= 15 is 0 Å². The molecule has 0 N–H and O–H groups in total. The largest absolute Gasteiger partial charge is 0.469 e. The van der Waals surface area contributed by atoms with Gasteiger partial charge in [-0.1, -0.05) is 119 Å². The molecule has 3 aromatic rings. The van der Waals surface area contributed by atoms with Crippen LogP contribution in [0.1, 0.15) is 72.1 Å². The van der Waals surface area contributed by atoms with Crippen molar-refractivity contribution >= 4 is 14.3 Å². The average molecular weight is 647 g/mol. The summed E-state index contributed by atoms with van der Waals surface area (Å²) in [5.41, 5.74) is 1.22. The van der Waals surface area contributed by atoms with Gasteiger partial charge in [-0.25, -0.2) is 0 Å². The molecular weight excluding hydrogens is 593 g/mol. The van der Waals surface area contributed by atoms with Gasteiger partial charge in [0.25, 0.3) is 0 Å². The van der Waals surface area contributed by atoms with Gasteiger partial charge in [-0.3, -0.25) is 4.79 Å². The summed E-state index contributed by atoms with van der Waals surface area (Å²) in [5, 5.41) is -0.0554. The molecule has 0 aliphatic carbocycles. The van der Waals surface area contributed by atoms with Crippen LogP contribution in [0.3, 0.4) is 0 Å². The summed E-state index contributed by atoms with van der Waals surface area (Å²) in [6.45, 7) is 21.2. The van der Waals surface area contributed by atoms with Crippen LogP contribution in [0.25, 0.3) is 0 Å². The predicted octanol–water partition coefficient (Wildman–Crippen LogP) is 8.74. The summed E-state index contributed by atoms with van der Waals surface area (Å²) in [5.74, 6) is -1.94. The number of esters is 1. The molecule has 1 saturated heterocycles. The van der Waals surface area contributed by atoms with Crippen molar-refractivity contribution in [3.8, 4) is 0 Å². The maximum Gasteiger partial charge on any atom is 0.310 e. The van der Waals surface area contributed by atoms with E-state index in [9.17, 15) is 4.79 Å². The molecule has 5 atom stereocenters. The van der Waals surface area contributed by atoms with Gasteiger partial charge in [-0.15, -0.1) is 0 Å². The van der Waals surface area contributed by atoms with E-state index in [0.29, 0.717) is 0 Å². The normalized spacial score (nSPS) is 22.2. The fourth-order valence-electron chi connectivity index (χ4n) is 6.54. The third kappa shape index (κ3) is 7.34. The first-order chi connectivity index (χ1) is 21.5. The maximum absolute atomic E-state index is 13.0. The van der Waals surface area contributed by atoms with Crippen LogP contribution in [0.5, 0.6) is 0 Å². The molecule has 1 fully saturated rings. The quantitative estimate of drug-likeness (QED) is 0.111. The van der Waals surface area contributed by atoms with Crippen LogP contribution in [0.2, 0.25) is 18.1 Å². The first-order valence-electron chi connectivity index (χ1n) is 16.4. The molecule has 0 saturated carbocycles. The molecule has 0 amide bonds. The summed E-state index contributed by atoms with van der Waals surface area (Å²) in [7, 11) is -0.871. The monoisotopic (exact) mass is 646 g/mol. The molecule has 250 valence electrons. The van der Waals surface area contributed by atoms with Crippen LogP contribution >= 0.6 is 0 Å². The summed E-state index contributed by atoms with van der Waals surface area (Å²) in [4.78, 5) is 13.0. The molecule has 0 bridgehead atoms. The van der Waals surface area contributed by atoms with Gasteiger partial charge >= 0.3 is 5.97 Å². The Morgan fingerprint density at radius 2 is 1.26 bits per heavy atom. The topological polar surface area (TPSA) is 63.2 Å². The van der Waals surface area contributed by atoms with Crippen LogP contribution < -0.4 is 0 Å². The Hall–Kier alpha value is -2.81. The molecule has 1 aliphatic rings. The van der Waals surface area contributed by atoms with Crippen molar-refractivity contribution in [1.82, 2.24) is 0 Å². The van der Waals surface area contributed by atoms with Crippen LogP contribution in [-0.4, -0.2) is 51.6 Å². The summed E-state index contributed by atoms with van der Waals surface area (Å²) < 4.78 is 33.1. The van der Waals surface area contributed by atoms with E-state index in [-0.39, 0.29) is 23.5 Å². The van der Waals surface area contributed by atoms with E-state index in [1.165, 1.54) is 7.11 Å². The molecule has 0 spiro atoms. The predicted molar refractivity (Wildman–Crippen MR) is 186 cm³/mol. The molecule has 1 aliphatic heterocycles. The van der Waals surface area contributed by atoms with Crippen molar-refractivity contribution in [1.29, 1.82) is 0 Å². The second-order valence-electron chi connectivity index (χ2n) is 14.9. The Labute approximate surface area is 277 Å². The van der Waals surface area contributed by atoms with E-state index < -0.39 is 43.4 Å². The Bertz CT molecular complexity index is 1320. The smallest absolute Gasteiger partial charge is 0.310 e. The lowest BCUT2D eigenvalue weighted by Crippen LogP contribution is -2.55. The van der Waals surface area contributed by atoms with Crippen molar-refractivity contribution in [2.24, 2.45) is 11.8 Å². The van der Waals surface area contributed by atoms with Crippen LogP contribution in [0.4, 0.5) is 0 Å². The second kappa shape index (κ2) is 13.7. The van der Waals surface area contributed by atoms with E-state index in [4.69, 9.17) is 23.4 Å². The first kappa shape index (κ1) is 36.0. The lowest BCUT2D eigenvalue weighted by molar-refractivity contribution is -0.177. The van der Waals surface area contributed by atoms with E-state index in [2.05, 4.69) is 84.1 Å². The number of hydrogen-bond donors (Lipinski definition) is 0. The zero-order valence-corrected chi connectivity index (χ0v) is 30.6. The van der Waals surface area contributed by atoms with Gasteiger partial charge < -0.3 is 23.4 Å². The highest BCUT2D eigenvalue weighted by molar-refractivity contribution is 6.74. The first-order valence-corrected chi connectivity index (χ1v) is 19.3. The highest BCUT2D eigenvalue weighted by Gasteiger charge is 2.57. The van der Waals surface area contributed by atoms with Crippen molar-refractivity contribution in [2.45, 2.75) is 103 Å². The Kier molecular flexibility index (Phi) is 10.8. The van der Waals surface area contributed by atoms with Gasteiger partial charge in [-0.2, -0.15) is 0 Å². The molecule has 3 aromatic carbocycles. The Balaban J connectivity index is 1.80. The SMILES string of the molecule is COC(=O)[C@H](C)[C@@H](O[Si](C)(C)C(C)(C)C)[C@H](C)[C@H]1OC(C)(C)O[C@]1(C)COC(c1ccccc1)(c1ccccc1)c1ccccc1. The number of rotatable bonds is 12. The van der Waals surface area contributed by atoms with Gasteiger partial charge in [0.05, 0.1) is 31.8 Å². The molecule has 0 aromatic heterocycles. The zero-order chi connectivity index (χ0) is 34.0. The number of hydrogen-bond acceptors (Lipinski definition) is 6. The summed E-state index contributed by atoms with van der Waals surface area (Å²) in [6.07, 6.45) is -0.915. The van der Waals surface area contributed by atoms with Gasteiger partial charge in [0, 0.05) is 5.92 Å². The van der Waals surface area contributed by atoms with E-state index in [1.807, 2.05) is 75.4 Å². The Morgan fingerprint density at radius 1 is 0.826 bits per heavy atom. The highest BCUT2D eigenvalue weighted by atomic mass is 28.4. The minimum absolute atomic E-state index is 0.0554. The van der Waals surface area contributed by atoms with E-state index in [0.717, 1.165) is 16.7 Å². The molecule has 0 unspecified atom stereocenters. The molecule has 7 heteroatoms. The lowest BCUT2D eigenvalue weighted by Gasteiger charge is -2.45. The minimum Gasteiger partial charge on any atom is -0.469 e. The number of carbonyl (C=O) groups excluding carboxylic acids is 1. The average Bonchev–Trinajstić information content (AvgIpc) is 3.28. The highest BCUT2D eigenvalue weighted by Crippen LogP contribution is 2.47. The summed E-state index contributed by atoms with van der Waals surface area (Å²) >= 11 is 0. The number of methoxy groups -OCH3 is 1. The molecular formula is C39H54O6Si. The van der Waals surface area contributed by atoms with Crippen molar-refractivity contribution in [3.05, 3.63) is 108 Å². The van der Waals surface area contributed by atoms with Gasteiger partial charge in [-0.05, 0) is 62.5 Å². The fourth-order valence-corrected chi connectivity index (χ4v) is 8.00. The molecule has 46 heavy (non-hydrogen) atoms. The minimum atomic E-state index is -2.30.